The lowest BCUT2D eigenvalue weighted by Crippen LogP contribution is -2.23. The van der Waals surface area contributed by atoms with Crippen LogP contribution in [0.4, 0.5) is 5.82 Å². The van der Waals surface area contributed by atoms with Crippen molar-refractivity contribution in [3.05, 3.63) is 11.2 Å². The molecule has 1 saturated carbocycles. The number of aromatic nitrogens is 2. The first kappa shape index (κ1) is 11.5. The van der Waals surface area contributed by atoms with E-state index in [1.807, 2.05) is 0 Å². The second-order valence-corrected chi connectivity index (χ2v) is 4.44. The van der Waals surface area contributed by atoms with Gasteiger partial charge in [0.1, 0.15) is 5.02 Å². The smallest absolute Gasteiger partial charge is 0.318 e. The van der Waals surface area contributed by atoms with Crippen molar-refractivity contribution >= 4 is 17.4 Å². The Bertz CT molecular complexity index is 353. The summed E-state index contributed by atoms with van der Waals surface area (Å²) in [6.45, 7) is 0. The fourth-order valence-corrected chi connectivity index (χ4v) is 2.14. The molecule has 0 bridgehead atoms. The maximum atomic E-state index is 6.03. The van der Waals surface area contributed by atoms with Gasteiger partial charge in [0.15, 0.2) is 5.82 Å². The van der Waals surface area contributed by atoms with Crippen LogP contribution in [0.2, 0.25) is 5.02 Å². The van der Waals surface area contributed by atoms with Crippen LogP contribution in [0.3, 0.4) is 0 Å². The summed E-state index contributed by atoms with van der Waals surface area (Å²) in [6, 6.07) is 0.827. The van der Waals surface area contributed by atoms with Crippen LogP contribution in [0.5, 0.6) is 6.01 Å². The van der Waals surface area contributed by atoms with E-state index < -0.39 is 0 Å². The molecule has 1 aliphatic carbocycles. The second-order valence-electron chi connectivity index (χ2n) is 4.03. The van der Waals surface area contributed by atoms with Crippen molar-refractivity contribution in [2.24, 2.45) is 0 Å². The summed E-state index contributed by atoms with van der Waals surface area (Å²) in [7, 11) is 1.55. The van der Waals surface area contributed by atoms with E-state index in [-0.39, 0.29) is 0 Å². The molecule has 1 fully saturated rings. The Balaban J connectivity index is 2.06. The maximum absolute atomic E-state index is 6.03. The molecule has 0 saturated heterocycles. The number of rotatable bonds is 3. The molecular formula is C11H16ClN3O. The van der Waals surface area contributed by atoms with Gasteiger partial charge in [0.05, 0.1) is 13.3 Å². The van der Waals surface area contributed by atoms with Crippen LogP contribution in [-0.2, 0) is 0 Å². The van der Waals surface area contributed by atoms with Gasteiger partial charge in [-0.3, -0.25) is 0 Å². The molecule has 0 amide bonds. The van der Waals surface area contributed by atoms with Crippen LogP contribution >= 0.6 is 11.6 Å². The molecule has 2 rings (SSSR count). The summed E-state index contributed by atoms with van der Waals surface area (Å²) >= 11 is 6.03. The lowest BCUT2D eigenvalue weighted by molar-refractivity contribution is 0.379. The Hall–Kier alpha value is -1.03. The number of ether oxygens (including phenoxy) is 1. The SMILES string of the molecule is COc1ncc(Cl)c(NC2CCCCC2)n1. The van der Waals surface area contributed by atoms with Gasteiger partial charge in [-0.1, -0.05) is 30.9 Å². The lowest BCUT2D eigenvalue weighted by Gasteiger charge is -2.23. The molecule has 0 spiro atoms. The Kier molecular flexibility index (Phi) is 3.83. The second kappa shape index (κ2) is 5.34. The van der Waals surface area contributed by atoms with E-state index in [0.29, 0.717) is 22.9 Å². The number of hydrogen-bond acceptors (Lipinski definition) is 4. The highest BCUT2D eigenvalue weighted by molar-refractivity contribution is 6.32. The Morgan fingerprint density at radius 2 is 2.12 bits per heavy atom. The Morgan fingerprint density at radius 3 is 2.81 bits per heavy atom. The van der Waals surface area contributed by atoms with Crippen molar-refractivity contribution in [2.45, 2.75) is 38.1 Å². The van der Waals surface area contributed by atoms with Gasteiger partial charge in [0, 0.05) is 6.04 Å². The third-order valence-corrected chi connectivity index (χ3v) is 3.13. The van der Waals surface area contributed by atoms with Crippen molar-refractivity contribution in [1.29, 1.82) is 0 Å². The molecule has 0 radical (unpaired) electrons. The molecule has 1 aromatic rings. The zero-order chi connectivity index (χ0) is 11.4. The number of halogens is 1. The summed E-state index contributed by atoms with van der Waals surface area (Å²) in [5.41, 5.74) is 0. The fourth-order valence-electron chi connectivity index (χ4n) is 1.99. The van der Waals surface area contributed by atoms with Gasteiger partial charge in [-0.15, -0.1) is 0 Å². The monoisotopic (exact) mass is 241 g/mol. The minimum absolute atomic E-state index is 0.350. The minimum atomic E-state index is 0.350. The standard InChI is InChI=1S/C11H16ClN3O/c1-16-11-13-7-9(12)10(15-11)14-8-5-3-2-4-6-8/h7-8H,2-6H2,1H3,(H,13,14,15). The molecule has 0 aliphatic heterocycles. The molecule has 0 unspecified atom stereocenters. The van der Waals surface area contributed by atoms with Crippen molar-refractivity contribution in [2.75, 3.05) is 12.4 Å². The zero-order valence-corrected chi connectivity index (χ0v) is 10.1. The average Bonchev–Trinajstić information content (AvgIpc) is 2.33. The van der Waals surface area contributed by atoms with Crippen molar-refractivity contribution in [3.8, 4) is 6.01 Å². The van der Waals surface area contributed by atoms with Crippen LogP contribution in [-0.4, -0.2) is 23.1 Å². The van der Waals surface area contributed by atoms with Gasteiger partial charge in [-0.05, 0) is 12.8 Å². The van der Waals surface area contributed by atoms with E-state index in [0.717, 1.165) is 0 Å². The highest BCUT2D eigenvalue weighted by Crippen LogP contribution is 2.25. The summed E-state index contributed by atoms with van der Waals surface area (Å²) in [4.78, 5) is 8.15. The van der Waals surface area contributed by atoms with Crippen molar-refractivity contribution < 1.29 is 4.74 Å². The third-order valence-electron chi connectivity index (χ3n) is 2.85. The molecular weight excluding hydrogens is 226 g/mol. The highest BCUT2D eigenvalue weighted by atomic mass is 35.5. The van der Waals surface area contributed by atoms with Crippen molar-refractivity contribution in [3.63, 3.8) is 0 Å². The quantitative estimate of drug-likeness (QED) is 0.884. The third kappa shape index (κ3) is 2.76. The number of hydrogen-bond donors (Lipinski definition) is 1. The van der Waals surface area contributed by atoms with E-state index in [9.17, 15) is 0 Å². The summed E-state index contributed by atoms with van der Waals surface area (Å²) < 4.78 is 4.98. The number of methoxy groups -OCH3 is 1. The topological polar surface area (TPSA) is 47.0 Å². The van der Waals surface area contributed by atoms with E-state index in [4.69, 9.17) is 16.3 Å². The molecule has 1 aliphatic rings. The van der Waals surface area contributed by atoms with Gasteiger partial charge >= 0.3 is 6.01 Å². The highest BCUT2D eigenvalue weighted by Gasteiger charge is 2.15. The Morgan fingerprint density at radius 1 is 1.38 bits per heavy atom. The molecule has 1 aromatic heterocycles. The summed E-state index contributed by atoms with van der Waals surface area (Å²) in [5.74, 6) is 0.681. The van der Waals surface area contributed by atoms with Gasteiger partial charge in [0.25, 0.3) is 0 Å². The van der Waals surface area contributed by atoms with Crippen LogP contribution < -0.4 is 10.1 Å². The molecule has 0 aromatic carbocycles. The van der Waals surface area contributed by atoms with Gasteiger partial charge < -0.3 is 10.1 Å². The number of nitrogens with zero attached hydrogens (tertiary/aromatic N) is 2. The van der Waals surface area contributed by atoms with E-state index in [1.165, 1.54) is 32.1 Å². The molecule has 88 valence electrons. The maximum Gasteiger partial charge on any atom is 0.318 e. The summed E-state index contributed by atoms with van der Waals surface area (Å²) in [5, 5.41) is 3.91. The normalized spacial score (nSPS) is 17.1. The molecule has 0 atom stereocenters. The van der Waals surface area contributed by atoms with E-state index >= 15 is 0 Å². The fraction of sp³-hybridized carbons (Fsp3) is 0.636. The molecule has 16 heavy (non-hydrogen) atoms. The van der Waals surface area contributed by atoms with Gasteiger partial charge in [0.2, 0.25) is 0 Å². The minimum Gasteiger partial charge on any atom is -0.467 e. The average molecular weight is 242 g/mol. The van der Waals surface area contributed by atoms with Crippen LogP contribution in [0, 0.1) is 0 Å². The molecule has 1 N–H and O–H groups in total. The molecule has 5 heteroatoms. The molecule has 4 nitrogen and oxygen atoms in total. The first-order chi connectivity index (χ1) is 7.79. The van der Waals surface area contributed by atoms with Crippen LogP contribution in [0.15, 0.2) is 6.20 Å². The Labute approximate surface area is 100 Å². The molecule has 1 heterocycles. The van der Waals surface area contributed by atoms with Gasteiger partial charge in [-0.2, -0.15) is 4.98 Å². The van der Waals surface area contributed by atoms with E-state index in [1.54, 1.807) is 13.3 Å². The van der Waals surface area contributed by atoms with Crippen LogP contribution in [0.1, 0.15) is 32.1 Å². The zero-order valence-electron chi connectivity index (χ0n) is 9.37. The largest absolute Gasteiger partial charge is 0.467 e. The van der Waals surface area contributed by atoms with E-state index in [2.05, 4.69) is 15.3 Å². The van der Waals surface area contributed by atoms with Gasteiger partial charge in [-0.25, -0.2) is 4.98 Å². The number of nitrogens with one attached hydrogen (secondary N) is 1. The summed E-state index contributed by atoms with van der Waals surface area (Å²) in [6.07, 6.45) is 7.82. The number of anilines is 1. The first-order valence-electron chi connectivity index (χ1n) is 5.62. The van der Waals surface area contributed by atoms with Crippen LogP contribution in [0.25, 0.3) is 0 Å². The van der Waals surface area contributed by atoms with Crippen molar-refractivity contribution in [1.82, 2.24) is 9.97 Å². The first-order valence-corrected chi connectivity index (χ1v) is 6.00. The predicted molar refractivity (Wildman–Crippen MR) is 64.1 cm³/mol. The lowest BCUT2D eigenvalue weighted by atomic mass is 9.95. The predicted octanol–water partition coefficient (Wildman–Crippen LogP) is 2.88.